The first-order chi connectivity index (χ1) is 18.7. The maximum Gasteiger partial charge on any atom is 0.335 e. The molecular formula is C28H23Cl2IN2O6. The van der Waals surface area contributed by atoms with E-state index in [1.807, 2.05) is 13.8 Å². The van der Waals surface area contributed by atoms with Gasteiger partial charge in [-0.3, -0.25) is 14.9 Å². The van der Waals surface area contributed by atoms with Gasteiger partial charge in [-0.15, -0.1) is 0 Å². The van der Waals surface area contributed by atoms with Crippen LogP contribution >= 0.6 is 45.8 Å². The lowest BCUT2D eigenvalue weighted by Crippen LogP contribution is -2.54. The molecule has 39 heavy (non-hydrogen) atoms. The lowest BCUT2D eigenvalue weighted by Gasteiger charge is -2.26. The van der Waals surface area contributed by atoms with Crippen LogP contribution in [0.1, 0.15) is 25.0 Å². The summed E-state index contributed by atoms with van der Waals surface area (Å²) in [5.74, 6) is 0.0214. The van der Waals surface area contributed by atoms with Gasteiger partial charge in [-0.05, 0) is 96.6 Å². The standard InChI is InChI=1S/C28H23Cl2IN2O6/c1-3-37-24-13-16(12-23(31)25(24)38-4-2)11-21-26(34)32-28(36)33(27(21)35)19-7-9-20(10-8-19)39-15-17-5-6-18(29)14-22(17)30/h5-14H,3-4,15H2,1-2H3,(H,32,34,36)/b21-11+. The number of benzene rings is 3. The minimum absolute atomic E-state index is 0.199. The van der Waals surface area contributed by atoms with Gasteiger partial charge in [0.05, 0.1) is 22.5 Å². The van der Waals surface area contributed by atoms with E-state index in [4.69, 9.17) is 37.4 Å². The summed E-state index contributed by atoms with van der Waals surface area (Å²) >= 11 is 14.2. The highest BCUT2D eigenvalue weighted by Crippen LogP contribution is 2.35. The van der Waals surface area contributed by atoms with Crippen molar-refractivity contribution in [3.8, 4) is 17.2 Å². The Morgan fingerprint density at radius 1 is 0.923 bits per heavy atom. The lowest BCUT2D eigenvalue weighted by atomic mass is 10.1. The van der Waals surface area contributed by atoms with Crippen LogP contribution in [0, 0.1) is 3.57 Å². The molecule has 3 aromatic carbocycles. The predicted octanol–water partition coefficient (Wildman–Crippen LogP) is 6.64. The van der Waals surface area contributed by atoms with Crippen molar-refractivity contribution in [1.29, 1.82) is 0 Å². The third-order valence-corrected chi connectivity index (χ3v) is 6.93. The Balaban J connectivity index is 1.57. The summed E-state index contributed by atoms with van der Waals surface area (Å²) in [7, 11) is 0. The van der Waals surface area contributed by atoms with Crippen molar-refractivity contribution in [2.45, 2.75) is 20.5 Å². The van der Waals surface area contributed by atoms with Crippen molar-refractivity contribution < 1.29 is 28.6 Å². The highest BCUT2D eigenvalue weighted by atomic mass is 127. The van der Waals surface area contributed by atoms with Crippen molar-refractivity contribution in [1.82, 2.24) is 5.32 Å². The number of anilines is 1. The Morgan fingerprint density at radius 2 is 1.64 bits per heavy atom. The van der Waals surface area contributed by atoms with Crippen molar-refractivity contribution >= 4 is 75.4 Å². The number of ether oxygens (including phenoxy) is 3. The Labute approximate surface area is 249 Å². The third-order valence-electron chi connectivity index (χ3n) is 5.54. The Kier molecular flexibility index (Phi) is 9.36. The van der Waals surface area contributed by atoms with Gasteiger partial charge in [0.25, 0.3) is 11.8 Å². The largest absolute Gasteiger partial charge is 0.490 e. The average Bonchev–Trinajstić information content (AvgIpc) is 2.89. The summed E-state index contributed by atoms with van der Waals surface area (Å²) in [4.78, 5) is 39.5. The van der Waals surface area contributed by atoms with E-state index in [1.54, 1.807) is 54.6 Å². The topological polar surface area (TPSA) is 94.2 Å². The zero-order valence-electron chi connectivity index (χ0n) is 20.9. The fourth-order valence-corrected chi connectivity index (χ4v) is 5.01. The average molecular weight is 681 g/mol. The molecule has 1 fully saturated rings. The number of amides is 4. The predicted molar refractivity (Wildman–Crippen MR) is 158 cm³/mol. The van der Waals surface area contributed by atoms with Gasteiger partial charge >= 0.3 is 6.03 Å². The van der Waals surface area contributed by atoms with Crippen LogP contribution in [-0.4, -0.2) is 31.1 Å². The molecule has 202 valence electrons. The Hall–Kier alpha value is -3.28. The van der Waals surface area contributed by atoms with Crippen LogP contribution in [0.4, 0.5) is 10.5 Å². The molecule has 0 spiro atoms. The summed E-state index contributed by atoms with van der Waals surface area (Å²) in [5, 5.41) is 3.24. The maximum atomic E-state index is 13.3. The van der Waals surface area contributed by atoms with E-state index in [-0.39, 0.29) is 17.9 Å². The molecule has 8 nitrogen and oxygen atoms in total. The van der Waals surface area contributed by atoms with Gasteiger partial charge in [0, 0.05) is 15.6 Å². The Morgan fingerprint density at radius 3 is 2.31 bits per heavy atom. The molecule has 0 aliphatic carbocycles. The lowest BCUT2D eigenvalue weighted by molar-refractivity contribution is -0.122. The number of nitrogens with one attached hydrogen (secondary N) is 1. The third kappa shape index (κ3) is 6.66. The number of urea groups is 1. The first-order valence-corrected chi connectivity index (χ1v) is 13.7. The summed E-state index contributed by atoms with van der Waals surface area (Å²) < 4.78 is 17.9. The van der Waals surface area contributed by atoms with Crippen LogP contribution in [0.2, 0.25) is 10.0 Å². The van der Waals surface area contributed by atoms with Gasteiger partial charge in [0.2, 0.25) is 0 Å². The van der Waals surface area contributed by atoms with Gasteiger partial charge in [-0.25, -0.2) is 9.69 Å². The minimum atomic E-state index is -0.847. The van der Waals surface area contributed by atoms with Gasteiger partial charge in [0.15, 0.2) is 11.5 Å². The zero-order chi connectivity index (χ0) is 28.1. The molecule has 1 N–H and O–H groups in total. The highest BCUT2D eigenvalue weighted by Gasteiger charge is 2.37. The number of halogens is 3. The van der Waals surface area contributed by atoms with Crippen molar-refractivity contribution in [3.05, 3.63) is 84.9 Å². The van der Waals surface area contributed by atoms with E-state index in [0.717, 1.165) is 14.0 Å². The van der Waals surface area contributed by atoms with E-state index < -0.39 is 17.8 Å². The molecule has 0 radical (unpaired) electrons. The molecule has 4 rings (SSSR count). The van der Waals surface area contributed by atoms with Crippen LogP contribution < -0.4 is 24.4 Å². The van der Waals surface area contributed by atoms with E-state index in [2.05, 4.69) is 27.9 Å². The van der Waals surface area contributed by atoms with Crippen molar-refractivity contribution in [2.75, 3.05) is 18.1 Å². The number of nitrogens with zero attached hydrogens (tertiary/aromatic N) is 1. The Bertz CT molecular complexity index is 1460. The minimum Gasteiger partial charge on any atom is -0.490 e. The quantitative estimate of drug-likeness (QED) is 0.155. The SMILES string of the molecule is CCOc1cc(/C=C2\C(=O)NC(=O)N(c3ccc(OCc4ccc(Cl)cc4Cl)cc3)C2=O)cc(I)c1OCC. The van der Waals surface area contributed by atoms with Crippen LogP contribution in [0.5, 0.6) is 17.2 Å². The number of rotatable bonds is 9. The molecule has 4 amide bonds. The van der Waals surface area contributed by atoms with E-state index in [0.29, 0.717) is 46.1 Å². The first-order valence-electron chi connectivity index (χ1n) is 11.9. The molecule has 11 heteroatoms. The highest BCUT2D eigenvalue weighted by molar-refractivity contribution is 14.1. The first kappa shape index (κ1) is 28.7. The second kappa shape index (κ2) is 12.7. The summed E-state index contributed by atoms with van der Waals surface area (Å²) in [6.45, 7) is 4.77. The summed E-state index contributed by atoms with van der Waals surface area (Å²) in [6.07, 6.45) is 1.42. The van der Waals surface area contributed by atoms with Crippen LogP contribution in [0.15, 0.2) is 60.2 Å². The zero-order valence-corrected chi connectivity index (χ0v) is 24.6. The van der Waals surface area contributed by atoms with E-state index in [9.17, 15) is 14.4 Å². The molecule has 1 aliphatic rings. The second-order valence-electron chi connectivity index (χ2n) is 8.17. The van der Waals surface area contributed by atoms with Crippen molar-refractivity contribution in [3.63, 3.8) is 0 Å². The van der Waals surface area contributed by atoms with Crippen molar-refractivity contribution in [2.24, 2.45) is 0 Å². The molecular weight excluding hydrogens is 658 g/mol. The number of hydrogen-bond acceptors (Lipinski definition) is 6. The fourth-order valence-electron chi connectivity index (χ4n) is 3.77. The summed E-state index contributed by atoms with van der Waals surface area (Å²) in [5.41, 5.74) is 1.36. The van der Waals surface area contributed by atoms with Gasteiger partial charge < -0.3 is 14.2 Å². The maximum absolute atomic E-state index is 13.3. The van der Waals surface area contributed by atoms with Gasteiger partial charge in [0.1, 0.15) is 17.9 Å². The molecule has 0 bridgehead atoms. The van der Waals surface area contributed by atoms with E-state index in [1.165, 1.54) is 6.08 Å². The van der Waals surface area contributed by atoms with Crippen LogP contribution in [-0.2, 0) is 16.2 Å². The number of carbonyl (C=O) groups is 3. The van der Waals surface area contributed by atoms with Crippen LogP contribution in [0.3, 0.4) is 0 Å². The molecule has 0 saturated carbocycles. The van der Waals surface area contributed by atoms with Gasteiger partial charge in [-0.1, -0.05) is 29.3 Å². The molecule has 1 heterocycles. The van der Waals surface area contributed by atoms with E-state index >= 15 is 0 Å². The summed E-state index contributed by atoms with van der Waals surface area (Å²) in [6, 6.07) is 14.0. The number of barbiturate groups is 1. The van der Waals surface area contributed by atoms with Crippen LogP contribution in [0.25, 0.3) is 6.08 Å². The molecule has 0 unspecified atom stereocenters. The normalized spacial score (nSPS) is 14.4. The molecule has 3 aromatic rings. The number of carbonyl (C=O) groups excluding carboxylic acids is 3. The molecule has 0 atom stereocenters. The molecule has 1 aliphatic heterocycles. The number of hydrogen-bond donors (Lipinski definition) is 1. The monoisotopic (exact) mass is 680 g/mol. The molecule has 1 saturated heterocycles. The fraction of sp³-hybridized carbons (Fsp3) is 0.179. The van der Waals surface area contributed by atoms with Gasteiger partial charge in [-0.2, -0.15) is 0 Å². The second-order valence-corrected chi connectivity index (χ2v) is 10.2. The molecule has 0 aromatic heterocycles. The number of imide groups is 2. The smallest absolute Gasteiger partial charge is 0.335 e.